The lowest BCUT2D eigenvalue weighted by Crippen LogP contribution is -1.54. The lowest BCUT2D eigenvalue weighted by atomic mass is 10.6. The predicted molar refractivity (Wildman–Crippen MR) is 31.0 cm³/mol. The smallest absolute Gasteiger partial charge is 0.123 e. The van der Waals surface area contributed by atoms with E-state index in [2.05, 4.69) is 0 Å². The third kappa shape index (κ3) is 3.71. The van der Waals surface area contributed by atoms with Gasteiger partial charge in [-0.2, -0.15) is 5.26 Å². The molecule has 0 rings (SSSR count). The molecular weight excluding hydrogens is 94.1 g/mol. The first-order chi connectivity index (χ1) is 2.91. The fraction of sp³-hybridized carbons (Fsp3) is 0.500. The van der Waals surface area contributed by atoms with E-state index in [4.69, 9.17) is 5.26 Å². The van der Waals surface area contributed by atoms with Crippen LogP contribution in [0.5, 0.6) is 0 Å². The van der Waals surface area contributed by atoms with Crippen molar-refractivity contribution < 1.29 is 0 Å². The summed E-state index contributed by atoms with van der Waals surface area (Å²) in [4.78, 5) is 0. The highest BCUT2D eigenvalue weighted by Gasteiger charge is 1.56. The van der Waals surface area contributed by atoms with Gasteiger partial charge >= 0.3 is 0 Å². The molecule has 0 aromatic carbocycles. The van der Waals surface area contributed by atoms with Crippen LogP contribution >= 0.6 is 11.4 Å². The first-order valence-corrected chi connectivity index (χ1v) is 2.78. The van der Waals surface area contributed by atoms with Crippen molar-refractivity contribution in [1.82, 2.24) is 0 Å². The molecule has 0 unspecified atom stereocenters. The second-order valence-electron chi connectivity index (χ2n) is 0.820. The standard InChI is InChI=1S/C4H7NS/c1-2-3-6-4-5/h3,6H,2H2,1H3. The van der Waals surface area contributed by atoms with E-state index in [1.165, 1.54) is 0 Å². The zero-order chi connectivity index (χ0) is 4.83. The molecule has 0 aliphatic carbocycles. The average Bonchev–Trinajstić information content (AvgIpc) is 1.61. The van der Waals surface area contributed by atoms with Gasteiger partial charge in [-0.3, -0.25) is 0 Å². The zero-order valence-electron chi connectivity index (χ0n) is 3.68. The predicted octanol–water partition coefficient (Wildman–Crippen LogP) is 1.15. The summed E-state index contributed by atoms with van der Waals surface area (Å²) in [6.07, 6.45) is 0.995. The second-order valence-corrected chi connectivity index (χ2v) is 1.64. The number of hydrogen-bond acceptors (Lipinski definition) is 1. The first-order valence-electron chi connectivity index (χ1n) is 1.82. The Labute approximate surface area is 41.6 Å². The molecule has 0 amide bonds. The highest BCUT2D eigenvalue weighted by molar-refractivity contribution is 8.01. The monoisotopic (exact) mass is 101 g/mol. The number of rotatable bonds is 1. The van der Waals surface area contributed by atoms with Gasteiger partial charge in [-0.25, -0.2) is 0 Å². The third-order valence-electron chi connectivity index (χ3n) is 0.332. The van der Waals surface area contributed by atoms with Gasteiger partial charge in [-0.05, 0) is 6.42 Å². The van der Waals surface area contributed by atoms with Crippen molar-refractivity contribution in [3.05, 3.63) is 0 Å². The van der Waals surface area contributed by atoms with Gasteiger partial charge in [0.2, 0.25) is 0 Å². The van der Waals surface area contributed by atoms with Crippen molar-refractivity contribution in [3.63, 3.8) is 0 Å². The van der Waals surface area contributed by atoms with Crippen molar-refractivity contribution in [2.45, 2.75) is 13.3 Å². The van der Waals surface area contributed by atoms with Crippen LogP contribution in [0.25, 0.3) is 0 Å². The van der Waals surface area contributed by atoms with Crippen LogP contribution in [0.2, 0.25) is 0 Å². The Morgan fingerprint density at radius 1 is 2.00 bits per heavy atom. The molecular formula is C4H7NS. The second kappa shape index (κ2) is 4.71. The van der Waals surface area contributed by atoms with Gasteiger partial charge < -0.3 is 0 Å². The van der Waals surface area contributed by atoms with E-state index < -0.39 is 0 Å². The molecule has 2 heteroatoms. The highest BCUT2D eigenvalue weighted by Crippen LogP contribution is 1.77. The largest absolute Gasteiger partial charge is 0.186 e. The summed E-state index contributed by atoms with van der Waals surface area (Å²) in [5, 5.41) is 11.8. The maximum atomic E-state index is 7.90. The van der Waals surface area contributed by atoms with Crippen molar-refractivity contribution in [2.75, 3.05) is 0 Å². The van der Waals surface area contributed by atoms with Crippen LogP contribution in [-0.2, 0) is 0 Å². The Morgan fingerprint density at radius 2 is 2.67 bits per heavy atom. The van der Waals surface area contributed by atoms with Gasteiger partial charge in [0.1, 0.15) is 5.40 Å². The van der Waals surface area contributed by atoms with E-state index in [1.807, 2.05) is 17.7 Å². The molecule has 0 saturated heterocycles. The van der Waals surface area contributed by atoms with Crippen LogP contribution in [0.1, 0.15) is 13.3 Å². The van der Waals surface area contributed by atoms with Gasteiger partial charge in [0.25, 0.3) is 0 Å². The molecule has 0 aromatic rings. The van der Waals surface area contributed by atoms with Crippen LogP contribution in [-0.4, -0.2) is 5.37 Å². The van der Waals surface area contributed by atoms with Crippen LogP contribution in [0.3, 0.4) is 0 Å². The SMILES string of the molecule is CCC=[SH]C#N. The quantitative estimate of drug-likeness (QED) is 0.299. The normalized spacial score (nSPS) is 10.0. The summed E-state index contributed by atoms with van der Waals surface area (Å²) in [7, 11) is 0. The minimum atomic E-state index is 0.792. The molecule has 0 heterocycles. The lowest BCUT2D eigenvalue weighted by Gasteiger charge is -1.64. The molecule has 0 aliphatic rings. The van der Waals surface area contributed by atoms with Gasteiger partial charge in [0.15, 0.2) is 0 Å². The van der Waals surface area contributed by atoms with Gasteiger partial charge in [-0.1, -0.05) is 12.3 Å². The fourth-order valence-corrected chi connectivity index (χ4v) is 0.396. The van der Waals surface area contributed by atoms with Crippen LogP contribution in [0, 0.1) is 10.7 Å². The molecule has 1 nitrogen and oxygen atoms in total. The highest BCUT2D eigenvalue weighted by atomic mass is 32.1. The molecule has 0 saturated carbocycles. The van der Waals surface area contributed by atoms with Gasteiger partial charge in [0, 0.05) is 0 Å². The summed E-state index contributed by atoms with van der Waals surface area (Å²) < 4.78 is 0. The Morgan fingerprint density at radius 3 is 2.83 bits per heavy atom. The molecule has 34 valence electrons. The number of nitrogens with zero attached hydrogens (tertiary/aromatic N) is 1. The average molecular weight is 101 g/mol. The third-order valence-corrected chi connectivity index (χ3v) is 0.995. The zero-order valence-corrected chi connectivity index (χ0v) is 4.57. The molecule has 0 atom stereocenters. The Balaban J connectivity index is 3.02. The summed E-state index contributed by atoms with van der Waals surface area (Å²) in [5.74, 6) is 0. The van der Waals surface area contributed by atoms with Gasteiger partial charge in [0.05, 0.1) is 0 Å². The van der Waals surface area contributed by atoms with Crippen LogP contribution in [0.4, 0.5) is 0 Å². The van der Waals surface area contributed by atoms with E-state index in [-0.39, 0.29) is 0 Å². The topological polar surface area (TPSA) is 23.8 Å². The Kier molecular flexibility index (Phi) is 4.48. The molecule has 0 N–H and O–H groups in total. The molecule has 0 fully saturated rings. The van der Waals surface area contributed by atoms with Crippen molar-refractivity contribution in [1.29, 1.82) is 5.26 Å². The summed E-state index contributed by atoms with van der Waals surface area (Å²) in [5.41, 5.74) is 0. The minimum Gasteiger partial charge on any atom is -0.186 e. The molecule has 0 radical (unpaired) electrons. The number of hydrogen-bond donors (Lipinski definition) is 1. The van der Waals surface area contributed by atoms with Crippen LogP contribution in [0.15, 0.2) is 0 Å². The van der Waals surface area contributed by atoms with Crippen molar-refractivity contribution in [3.8, 4) is 5.40 Å². The van der Waals surface area contributed by atoms with Crippen molar-refractivity contribution >= 4 is 16.7 Å². The fourth-order valence-electron chi connectivity index (χ4n) is 0.132. The molecule has 0 aromatic heterocycles. The first kappa shape index (κ1) is 5.71. The Bertz CT molecular complexity index is 80.0. The van der Waals surface area contributed by atoms with Crippen molar-refractivity contribution in [2.24, 2.45) is 0 Å². The summed E-state index contributed by atoms with van der Waals surface area (Å²) >= 11 is 0.792. The van der Waals surface area contributed by atoms with E-state index in [0.717, 1.165) is 17.8 Å². The van der Waals surface area contributed by atoms with Gasteiger partial charge in [-0.15, -0.1) is 11.4 Å². The lowest BCUT2D eigenvalue weighted by molar-refractivity contribution is 1.35. The van der Waals surface area contributed by atoms with E-state index >= 15 is 0 Å². The van der Waals surface area contributed by atoms with Crippen LogP contribution < -0.4 is 0 Å². The summed E-state index contributed by atoms with van der Waals surface area (Å²) in [6, 6.07) is 0. The molecule has 0 spiro atoms. The molecule has 0 aliphatic heterocycles. The maximum absolute atomic E-state index is 7.90. The Hall–Kier alpha value is -0.290. The maximum Gasteiger partial charge on any atom is 0.123 e. The number of thiol groups is 1. The van der Waals surface area contributed by atoms with E-state index in [1.54, 1.807) is 0 Å². The molecule has 0 bridgehead atoms. The number of thiocyanates is 1. The molecule has 6 heavy (non-hydrogen) atoms. The van der Waals surface area contributed by atoms with E-state index in [9.17, 15) is 0 Å². The van der Waals surface area contributed by atoms with E-state index in [0.29, 0.717) is 0 Å². The summed E-state index contributed by atoms with van der Waals surface area (Å²) in [6.45, 7) is 2.02. The number of nitriles is 1. The minimum absolute atomic E-state index is 0.792.